The number of para-hydroxylation sites is 4. The van der Waals surface area contributed by atoms with Crippen molar-refractivity contribution in [3.05, 3.63) is 187 Å². The average molecular weight is 798 g/mol. The molecule has 2 aliphatic rings. The van der Waals surface area contributed by atoms with E-state index in [4.69, 9.17) is 23.8 Å². The molecule has 1 fully saturated rings. The zero-order chi connectivity index (χ0) is 40.8. The van der Waals surface area contributed by atoms with Crippen LogP contribution in [0.4, 0.5) is 0 Å². The third kappa shape index (κ3) is 5.31. The second-order valence-corrected chi connectivity index (χ2v) is 16.9. The molecule has 3 heterocycles. The van der Waals surface area contributed by atoms with Gasteiger partial charge in [-0.25, -0.2) is 15.0 Å². The highest BCUT2D eigenvalue weighted by atomic mass is 16.3. The van der Waals surface area contributed by atoms with E-state index in [1.807, 2.05) is 60.7 Å². The lowest BCUT2D eigenvalue weighted by Gasteiger charge is -2.37. The minimum Gasteiger partial charge on any atom is -0.455 e. The minimum atomic E-state index is 0.0759. The molecule has 0 atom stereocenters. The Balaban J connectivity index is 0.928. The van der Waals surface area contributed by atoms with E-state index in [1.165, 1.54) is 71.0 Å². The number of aromatic nitrogens is 3. The second-order valence-electron chi connectivity index (χ2n) is 16.9. The van der Waals surface area contributed by atoms with E-state index in [-0.39, 0.29) is 5.41 Å². The molecule has 0 bridgehead atoms. The molecule has 11 aromatic rings. The van der Waals surface area contributed by atoms with Crippen molar-refractivity contribution in [2.24, 2.45) is 0 Å². The summed E-state index contributed by atoms with van der Waals surface area (Å²) in [6, 6.07) is 62.4. The topological polar surface area (TPSA) is 65.0 Å². The number of fused-ring (bicyclic) bond motifs is 11. The third-order valence-electron chi connectivity index (χ3n) is 13.6. The van der Waals surface area contributed by atoms with Crippen LogP contribution in [0.25, 0.3) is 111 Å². The summed E-state index contributed by atoms with van der Waals surface area (Å²) in [6.07, 6.45) is 6.26. The molecule has 5 heteroatoms. The van der Waals surface area contributed by atoms with Gasteiger partial charge in [0.15, 0.2) is 17.5 Å². The molecule has 0 amide bonds. The number of hydrogen-bond acceptors (Lipinski definition) is 5. The molecule has 294 valence electrons. The average Bonchev–Trinajstić information content (AvgIpc) is 4.00. The van der Waals surface area contributed by atoms with Gasteiger partial charge in [-0.15, -0.1) is 0 Å². The Hall–Kier alpha value is -7.63. The molecule has 8 aromatic carbocycles. The summed E-state index contributed by atoms with van der Waals surface area (Å²) in [7, 11) is 0. The fraction of sp³-hybridized carbons (Fsp3) is 0.105. The van der Waals surface area contributed by atoms with Crippen LogP contribution in [0.2, 0.25) is 0 Å². The summed E-state index contributed by atoms with van der Waals surface area (Å²) in [5, 5.41) is 4.15. The lowest BCUT2D eigenvalue weighted by atomic mass is 9.66. The number of hydrogen-bond donors (Lipinski definition) is 0. The van der Waals surface area contributed by atoms with Crippen molar-refractivity contribution in [3.63, 3.8) is 0 Å². The van der Waals surface area contributed by atoms with Gasteiger partial charge in [0.25, 0.3) is 0 Å². The Morgan fingerprint density at radius 3 is 1.55 bits per heavy atom. The molecule has 0 saturated heterocycles. The predicted octanol–water partition coefficient (Wildman–Crippen LogP) is 15.2. The van der Waals surface area contributed by atoms with Crippen molar-refractivity contribution in [2.75, 3.05) is 0 Å². The Kier molecular flexibility index (Phi) is 7.77. The molecule has 3 aromatic heterocycles. The van der Waals surface area contributed by atoms with Gasteiger partial charge >= 0.3 is 0 Å². The van der Waals surface area contributed by atoms with Gasteiger partial charge in [-0.1, -0.05) is 165 Å². The summed E-state index contributed by atoms with van der Waals surface area (Å²) in [5.41, 5.74) is 16.5. The van der Waals surface area contributed by atoms with Crippen LogP contribution in [0.1, 0.15) is 43.2 Å². The highest BCUT2D eigenvalue weighted by molar-refractivity contribution is 6.10. The van der Waals surface area contributed by atoms with Crippen molar-refractivity contribution in [2.45, 2.75) is 37.5 Å². The molecule has 0 N–H and O–H groups in total. The van der Waals surface area contributed by atoms with E-state index in [9.17, 15) is 0 Å². The Labute approximate surface area is 358 Å². The lowest BCUT2D eigenvalue weighted by molar-refractivity contribution is 0.353. The number of furan rings is 2. The lowest BCUT2D eigenvalue weighted by Crippen LogP contribution is -2.28. The third-order valence-corrected chi connectivity index (χ3v) is 13.6. The van der Waals surface area contributed by atoms with Crippen LogP contribution in [0.5, 0.6) is 0 Å². The van der Waals surface area contributed by atoms with Gasteiger partial charge in [-0.05, 0) is 87.7 Å². The largest absolute Gasteiger partial charge is 0.455 e. The number of rotatable bonds is 5. The highest BCUT2D eigenvalue weighted by Gasteiger charge is 2.45. The molecule has 0 radical (unpaired) electrons. The van der Waals surface area contributed by atoms with Gasteiger partial charge < -0.3 is 8.83 Å². The molecule has 13 rings (SSSR count). The smallest absolute Gasteiger partial charge is 0.167 e. The summed E-state index contributed by atoms with van der Waals surface area (Å²) >= 11 is 0. The quantitative estimate of drug-likeness (QED) is 0.174. The first-order valence-corrected chi connectivity index (χ1v) is 21.7. The SMILES string of the molecule is c1cc(-c2ccc(-c3nc(-c4cccc5c4oc4ccccc45)nc(-c4cccc5c4oc4ccccc45)n3)cc2)cc(-c2cccc3c2C2(CCCCC2)c2ccccc2-3)c1. The molecule has 62 heavy (non-hydrogen) atoms. The van der Waals surface area contributed by atoms with Crippen molar-refractivity contribution < 1.29 is 8.83 Å². The van der Waals surface area contributed by atoms with Crippen molar-refractivity contribution in [1.29, 1.82) is 0 Å². The number of benzene rings is 8. The van der Waals surface area contributed by atoms with E-state index >= 15 is 0 Å². The van der Waals surface area contributed by atoms with Gasteiger partial charge in [0.1, 0.15) is 22.3 Å². The van der Waals surface area contributed by atoms with Crippen LogP contribution in [0.3, 0.4) is 0 Å². The first kappa shape index (κ1) is 35.2. The maximum atomic E-state index is 6.50. The molecule has 5 nitrogen and oxygen atoms in total. The molecule has 1 spiro atoms. The van der Waals surface area contributed by atoms with E-state index < -0.39 is 0 Å². The van der Waals surface area contributed by atoms with Gasteiger partial charge in [0.2, 0.25) is 0 Å². The normalized spacial score (nSPS) is 14.3. The van der Waals surface area contributed by atoms with Crippen molar-refractivity contribution in [1.82, 2.24) is 15.0 Å². The van der Waals surface area contributed by atoms with E-state index in [2.05, 4.69) is 115 Å². The van der Waals surface area contributed by atoms with E-state index in [1.54, 1.807) is 0 Å². The Bertz CT molecular complexity index is 3440. The fourth-order valence-corrected chi connectivity index (χ4v) is 10.7. The van der Waals surface area contributed by atoms with Gasteiger partial charge in [0.05, 0.1) is 11.1 Å². The minimum absolute atomic E-state index is 0.0759. The summed E-state index contributed by atoms with van der Waals surface area (Å²) in [6.45, 7) is 0. The van der Waals surface area contributed by atoms with Crippen LogP contribution >= 0.6 is 0 Å². The van der Waals surface area contributed by atoms with E-state index in [0.717, 1.165) is 66.1 Å². The van der Waals surface area contributed by atoms with Gasteiger partial charge in [0, 0.05) is 32.5 Å². The monoisotopic (exact) mass is 797 g/mol. The van der Waals surface area contributed by atoms with Crippen LogP contribution in [0.15, 0.2) is 185 Å². The standard InChI is InChI=1S/C57H39N3O2/c1-8-32-57(33-9-1)48-25-5-2-16-40(48)43-20-11-19-39(51(43)57)38-15-10-14-37(34-38)35-28-30-36(31-29-35)54-58-55(46-23-12-21-44-41-17-3-6-26-49(41)61-52(44)46)60-56(59-54)47-24-13-22-45-42-18-4-7-27-50(42)62-53(45)47/h2-7,10-31,34H,1,8-9,32-33H2. The molecule has 1 saturated carbocycles. The number of nitrogens with zero attached hydrogens (tertiary/aromatic N) is 3. The van der Waals surface area contributed by atoms with Crippen molar-refractivity contribution in [3.8, 4) is 67.5 Å². The summed E-state index contributed by atoms with van der Waals surface area (Å²) < 4.78 is 13.0. The maximum absolute atomic E-state index is 6.50. The molecule has 0 unspecified atom stereocenters. The fourth-order valence-electron chi connectivity index (χ4n) is 10.7. The first-order chi connectivity index (χ1) is 30.7. The summed E-state index contributed by atoms with van der Waals surface area (Å²) in [5.74, 6) is 1.64. The van der Waals surface area contributed by atoms with Gasteiger partial charge in [-0.2, -0.15) is 0 Å². The Morgan fingerprint density at radius 1 is 0.355 bits per heavy atom. The predicted molar refractivity (Wildman–Crippen MR) is 251 cm³/mol. The first-order valence-electron chi connectivity index (χ1n) is 21.7. The molecule has 0 aliphatic heterocycles. The summed E-state index contributed by atoms with van der Waals surface area (Å²) in [4.78, 5) is 15.5. The second kappa shape index (κ2) is 13.7. The highest BCUT2D eigenvalue weighted by Crippen LogP contribution is 2.58. The molecular weight excluding hydrogens is 759 g/mol. The maximum Gasteiger partial charge on any atom is 0.167 e. The van der Waals surface area contributed by atoms with Crippen LogP contribution in [0, 0.1) is 0 Å². The molecule has 2 aliphatic carbocycles. The van der Waals surface area contributed by atoms with Crippen LogP contribution < -0.4 is 0 Å². The van der Waals surface area contributed by atoms with E-state index in [0.29, 0.717) is 17.5 Å². The zero-order valence-electron chi connectivity index (χ0n) is 33.9. The van der Waals surface area contributed by atoms with Crippen LogP contribution in [-0.4, -0.2) is 15.0 Å². The van der Waals surface area contributed by atoms with Crippen LogP contribution in [-0.2, 0) is 5.41 Å². The molecular formula is C57H39N3O2. The van der Waals surface area contributed by atoms with Crippen molar-refractivity contribution >= 4 is 43.9 Å². The Morgan fingerprint density at radius 2 is 0.855 bits per heavy atom. The zero-order valence-corrected chi connectivity index (χ0v) is 33.9. The van der Waals surface area contributed by atoms with Gasteiger partial charge in [-0.3, -0.25) is 0 Å².